The highest BCUT2D eigenvalue weighted by Gasteiger charge is 2.19. The van der Waals surface area contributed by atoms with Crippen molar-refractivity contribution < 1.29 is 4.39 Å². The van der Waals surface area contributed by atoms with Gasteiger partial charge in [0.15, 0.2) is 0 Å². The monoisotopic (exact) mass is 295 g/mol. The molecular weight excluding hydrogens is 281 g/mol. The third kappa shape index (κ3) is 3.72. The SMILES string of the molecule is CC(N)C(Sc1ccccc1F)c1cccc(Cl)c1. The Balaban J connectivity index is 2.29. The number of benzene rings is 2. The Labute approximate surface area is 122 Å². The first-order valence-corrected chi connectivity index (χ1v) is 7.26. The predicted octanol–water partition coefficient (Wildman–Crippen LogP) is 4.66. The summed E-state index contributed by atoms with van der Waals surface area (Å²) in [5.41, 5.74) is 7.04. The molecule has 0 aliphatic rings. The molecule has 0 aromatic heterocycles. The quantitative estimate of drug-likeness (QED) is 0.830. The molecule has 0 aliphatic carbocycles. The molecule has 19 heavy (non-hydrogen) atoms. The highest BCUT2D eigenvalue weighted by atomic mass is 35.5. The van der Waals surface area contributed by atoms with E-state index in [0.717, 1.165) is 5.56 Å². The van der Waals surface area contributed by atoms with Crippen molar-refractivity contribution in [1.29, 1.82) is 0 Å². The van der Waals surface area contributed by atoms with Crippen LogP contribution in [-0.4, -0.2) is 6.04 Å². The maximum Gasteiger partial charge on any atom is 0.136 e. The zero-order chi connectivity index (χ0) is 13.8. The van der Waals surface area contributed by atoms with Crippen LogP contribution in [0.2, 0.25) is 5.02 Å². The molecule has 2 aromatic carbocycles. The molecule has 0 saturated heterocycles. The van der Waals surface area contributed by atoms with E-state index in [4.69, 9.17) is 17.3 Å². The van der Waals surface area contributed by atoms with Crippen LogP contribution in [0.3, 0.4) is 0 Å². The fourth-order valence-electron chi connectivity index (χ4n) is 1.84. The van der Waals surface area contributed by atoms with E-state index in [-0.39, 0.29) is 17.1 Å². The van der Waals surface area contributed by atoms with Gasteiger partial charge in [0.2, 0.25) is 0 Å². The average Bonchev–Trinajstić information content (AvgIpc) is 2.37. The zero-order valence-corrected chi connectivity index (χ0v) is 12.1. The van der Waals surface area contributed by atoms with Crippen molar-refractivity contribution in [3.05, 3.63) is 64.9 Å². The van der Waals surface area contributed by atoms with E-state index in [1.54, 1.807) is 12.1 Å². The molecule has 0 aliphatic heterocycles. The minimum absolute atomic E-state index is 0.0319. The summed E-state index contributed by atoms with van der Waals surface area (Å²) < 4.78 is 13.7. The van der Waals surface area contributed by atoms with Gasteiger partial charge in [0.25, 0.3) is 0 Å². The first-order valence-electron chi connectivity index (χ1n) is 6.00. The minimum atomic E-state index is -0.222. The molecule has 0 saturated carbocycles. The van der Waals surface area contributed by atoms with Gasteiger partial charge in [0, 0.05) is 21.2 Å². The lowest BCUT2D eigenvalue weighted by Gasteiger charge is -2.21. The number of halogens is 2. The Hall–Kier alpha value is -1.03. The maximum atomic E-state index is 13.7. The van der Waals surface area contributed by atoms with Crippen molar-refractivity contribution in [2.45, 2.75) is 23.1 Å². The van der Waals surface area contributed by atoms with Crippen molar-refractivity contribution in [3.8, 4) is 0 Å². The standard InChI is InChI=1S/C15H15ClFNS/c1-10(18)15(11-5-4-6-12(16)9-11)19-14-8-3-2-7-13(14)17/h2-10,15H,18H2,1H3. The summed E-state index contributed by atoms with van der Waals surface area (Å²) in [5, 5.41) is 0.632. The van der Waals surface area contributed by atoms with E-state index in [9.17, 15) is 4.39 Å². The first kappa shape index (κ1) is 14.4. The van der Waals surface area contributed by atoms with Gasteiger partial charge < -0.3 is 5.73 Å². The molecule has 1 nitrogen and oxygen atoms in total. The summed E-state index contributed by atoms with van der Waals surface area (Å²) in [6, 6.07) is 14.2. The lowest BCUT2D eigenvalue weighted by Crippen LogP contribution is -2.22. The summed E-state index contributed by atoms with van der Waals surface area (Å²) >= 11 is 7.43. The Bertz CT molecular complexity index is 559. The molecule has 2 atom stereocenters. The predicted molar refractivity (Wildman–Crippen MR) is 80.1 cm³/mol. The van der Waals surface area contributed by atoms with Gasteiger partial charge >= 0.3 is 0 Å². The van der Waals surface area contributed by atoms with Gasteiger partial charge in [-0.25, -0.2) is 4.39 Å². The molecule has 2 aromatic rings. The summed E-state index contributed by atoms with van der Waals surface area (Å²) in [6.07, 6.45) is 0. The van der Waals surface area contributed by atoms with E-state index in [1.165, 1.54) is 17.8 Å². The highest BCUT2D eigenvalue weighted by Crippen LogP contribution is 2.38. The lowest BCUT2D eigenvalue weighted by molar-refractivity contribution is 0.600. The van der Waals surface area contributed by atoms with E-state index in [1.807, 2.05) is 37.3 Å². The third-order valence-electron chi connectivity index (χ3n) is 2.75. The van der Waals surface area contributed by atoms with Gasteiger partial charge in [0.05, 0.1) is 0 Å². The van der Waals surface area contributed by atoms with E-state index < -0.39 is 0 Å². The molecule has 0 heterocycles. The highest BCUT2D eigenvalue weighted by molar-refractivity contribution is 7.99. The van der Waals surface area contributed by atoms with Crippen molar-refractivity contribution in [3.63, 3.8) is 0 Å². The van der Waals surface area contributed by atoms with Crippen molar-refractivity contribution in [1.82, 2.24) is 0 Å². The van der Waals surface area contributed by atoms with Gasteiger partial charge in [0.1, 0.15) is 5.82 Å². The number of rotatable bonds is 4. The van der Waals surface area contributed by atoms with Gasteiger partial charge in [-0.15, -0.1) is 11.8 Å². The fourth-order valence-corrected chi connectivity index (χ4v) is 3.15. The lowest BCUT2D eigenvalue weighted by atomic mass is 10.1. The number of thioether (sulfide) groups is 1. The number of nitrogens with two attached hydrogens (primary N) is 1. The second-order valence-corrected chi connectivity index (χ2v) is 6.00. The first-order chi connectivity index (χ1) is 9.08. The van der Waals surface area contributed by atoms with Gasteiger partial charge in [-0.1, -0.05) is 35.9 Å². The average molecular weight is 296 g/mol. The van der Waals surface area contributed by atoms with Crippen molar-refractivity contribution in [2.75, 3.05) is 0 Å². The van der Waals surface area contributed by atoms with Gasteiger partial charge in [-0.05, 0) is 36.8 Å². The minimum Gasteiger partial charge on any atom is -0.327 e. The van der Waals surface area contributed by atoms with E-state index in [2.05, 4.69) is 0 Å². The van der Waals surface area contributed by atoms with Crippen LogP contribution < -0.4 is 5.73 Å². The molecule has 2 rings (SSSR count). The van der Waals surface area contributed by atoms with Crippen LogP contribution in [0.1, 0.15) is 17.7 Å². The summed E-state index contributed by atoms with van der Waals surface area (Å²) in [5.74, 6) is -0.222. The van der Waals surface area contributed by atoms with E-state index in [0.29, 0.717) is 9.92 Å². The smallest absolute Gasteiger partial charge is 0.136 e. The van der Waals surface area contributed by atoms with Crippen LogP contribution in [0.4, 0.5) is 4.39 Å². The van der Waals surface area contributed by atoms with Crippen molar-refractivity contribution >= 4 is 23.4 Å². The molecule has 2 unspecified atom stereocenters. The van der Waals surface area contributed by atoms with Crippen LogP contribution in [0.15, 0.2) is 53.4 Å². The number of hydrogen-bond donors (Lipinski definition) is 1. The van der Waals surface area contributed by atoms with Crippen LogP contribution in [0.5, 0.6) is 0 Å². The summed E-state index contributed by atoms with van der Waals surface area (Å²) in [6.45, 7) is 1.92. The molecule has 2 N–H and O–H groups in total. The molecule has 0 fully saturated rings. The van der Waals surface area contributed by atoms with Crippen molar-refractivity contribution in [2.24, 2.45) is 5.73 Å². The Morgan fingerprint density at radius 1 is 1.16 bits per heavy atom. The molecule has 0 amide bonds. The van der Waals surface area contributed by atoms with Crippen LogP contribution >= 0.6 is 23.4 Å². The molecule has 0 bridgehead atoms. The fraction of sp³-hybridized carbons (Fsp3) is 0.200. The summed E-state index contributed by atoms with van der Waals surface area (Å²) in [7, 11) is 0. The van der Waals surface area contributed by atoms with E-state index >= 15 is 0 Å². The normalized spacial score (nSPS) is 14.1. The second kappa shape index (κ2) is 6.42. The van der Waals surface area contributed by atoms with Crippen LogP contribution in [0, 0.1) is 5.82 Å². The maximum absolute atomic E-state index is 13.7. The Morgan fingerprint density at radius 3 is 2.53 bits per heavy atom. The Kier molecular flexibility index (Phi) is 4.86. The molecular formula is C15H15ClFNS. The third-order valence-corrected chi connectivity index (χ3v) is 4.52. The molecule has 0 spiro atoms. The summed E-state index contributed by atoms with van der Waals surface area (Å²) in [4.78, 5) is 0.602. The second-order valence-electron chi connectivity index (χ2n) is 4.38. The zero-order valence-electron chi connectivity index (χ0n) is 10.5. The Morgan fingerprint density at radius 2 is 1.89 bits per heavy atom. The molecule has 4 heteroatoms. The van der Waals surface area contributed by atoms with Crippen LogP contribution in [-0.2, 0) is 0 Å². The van der Waals surface area contributed by atoms with Gasteiger partial charge in [-0.3, -0.25) is 0 Å². The molecule has 0 radical (unpaired) electrons. The van der Waals surface area contributed by atoms with Gasteiger partial charge in [-0.2, -0.15) is 0 Å². The van der Waals surface area contributed by atoms with Crippen LogP contribution in [0.25, 0.3) is 0 Å². The molecule has 100 valence electrons. The topological polar surface area (TPSA) is 26.0 Å². The largest absolute Gasteiger partial charge is 0.327 e. The number of hydrogen-bond acceptors (Lipinski definition) is 2.